The summed E-state index contributed by atoms with van der Waals surface area (Å²) in [7, 11) is 0. The Morgan fingerprint density at radius 3 is 2.95 bits per heavy atom. The minimum absolute atomic E-state index is 0.148. The van der Waals surface area contributed by atoms with Crippen molar-refractivity contribution in [2.75, 3.05) is 0 Å². The molecule has 2 rings (SSSR count). The Labute approximate surface area is 117 Å². The molecule has 0 N–H and O–H groups in total. The average Bonchev–Trinajstić information content (AvgIpc) is 3.08. The van der Waals surface area contributed by atoms with Gasteiger partial charge in [-0.05, 0) is 23.9 Å². The first kappa shape index (κ1) is 13.6. The average molecular weight is 275 g/mol. The molecule has 0 saturated carbocycles. The van der Waals surface area contributed by atoms with Crippen LogP contribution < -0.4 is 0 Å². The first-order valence-corrected chi connectivity index (χ1v) is 7.09. The van der Waals surface area contributed by atoms with Crippen LogP contribution in [0.4, 0.5) is 0 Å². The van der Waals surface area contributed by atoms with Crippen LogP contribution in [0.5, 0.6) is 0 Å². The number of carbonyl (C=O) groups is 1. The largest absolute Gasteiger partial charge is 0.472 e. The summed E-state index contributed by atoms with van der Waals surface area (Å²) in [5, 5.41) is 2.03. The van der Waals surface area contributed by atoms with E-state index in [1.165, 1.54) is 4.88 Å². The number of furan rings is 1. The summed E-state index contributed by atoms with van der Waals surface area (Å²) >= 11 is 1.67. The van der Waals surface area contributed by atoms with E-state index >= 15 is 0 Å². The van der Waals surface area contributed by atoms with Crippen LogP contribution in [0.1, 0.15) is 23.3 Å². The highest BCUT2D eigenvalue weighted by atomic mass is 32.1. The second kappa shape index (κ2) is 6.95. The number of carbonyl (C=O) groups excluding carboxylic acids is 1. The van der Waals surface area contributed by atoms with Gasteiger partial charge in [-0.15, -0.1) is 17.9 Å². The molecule has 0 spiro atoms. The van der Waals surface area contributed by atoms with Crippen LogP contribution in [0.3, 0.4) is 0 Å². The summed E-state index contributed by atoms with van der Waals surface area (Å²) in [5.74, 6) is 0.148. The van der Waals surface area contributed by atoms with Crippen LogP contribution in [-0.4, -0.2) is 10.8 Å². The van der Waals surface area contributed by atoms with Gasteiger partial charge in [0.15, 0.2) is 0 Å². The predicted octanol–water partition coefficient (Wildman–Crippen LogP) is 3.84. The monoisotopic (exact) mass is 275 g/mol. The van der Waals surface area contributed by atoms with E-state index in [-0.39, 0.29) is 5.91 Å². The number of hydrogen-bond acceptors (Lipinski definition) is 3. The lowest BCUT2D eigenvalue weighted by molar-refractivity contribution is -0.132. The van der Waals surface area contributed by atoms with Gasteiger partial charge in [0.25, 0.3) is 0 Å². The molecule has 0 bridgehead atoms. The predicted molar refractivity (Wildman–Crippen MR) is 76.7 cm³/mol. The summed E-state index contributed by atoms with van der Waals surface area (Å²) in [6.07, 6.45) is 6.31. The molecule has 0 radical (unpaired) electrons. The fraction of sp³-hybridized carbons (Fsp3) is 0.267. The summed E-state index contributed by atoms with van der Waals surface area (Å²) in [5.41, 5.74) is 1.02. The van der Waals surface area contributed by atoms with E-state index in [1.54, 1.807) is 29.9 Å². The molecule has 0 aromatic carbocycles. The topological polar surface area (TPSA) is 33.5 Å². The highest BCUT2D eigenvalue weighted by Gasteiger charge is 2.14. The molecule has 0 aliphatic heterocycles. The van der Waals surface area contributed by atoms with Crippen molar-refractivity contribution in [2.45, 2.75) is 25.9 Å². The highest BCUT2D eigenvalue weighted by molar-refractivity contribution is 7.09. The number of thiophene rings is 1. The quantitative estimate of drug-likeness (QED) is 0.719. The third-order valence-electron chi connectivity index (χ3n) is 2.80. The summed E-state index contributed by atoms with van der Waals surface area (Å²) in [4.78, 5) is 15.3. The lowest BCUT2D eigenvalue weighted by atomic mass is 10.2. The van der Waals surface area contributed by atoms with Gasteiger partial charge in [0.05, 0.1) is 19.1 Å². The Balaban J connectivity index is 2.03. The van der Waals surface area contributed by atoms with Crippen molar-refractivity contribution in [1.29, 1.82) is 0 Å². The first-order chi connectivity index (χ1) is 9.29. The Hall–Kier alpha value is -1.81. The van der Waals surface area contributed by atoms with Crippen molar-refractivity contribution >= 4 is 17.2 Å². The van der Waals surface area contributed by atoms with Crippen molar-refractivity contribution in [3.05, 3.63) is 59.2 Å². The standard InChI is InChI=1S/C15H17NO2S/c1-2-3-6-15(17)16(10-13-7-8-18-12-13)11-14-5-4-9-19-14/h2,4-5,7-9,12H,1,3,6,10-11H2. The fourth-order valence-corrected chi connectivity index (χ4v) is 2.53. The molecule has 0 aliphatic carbocycles. The van der Waals surface area contributed by atoms with Crippen LogP contribution in [0.15, 0.2) is 53.2 Å². The van der Waals surface area contributed by atoms with Crippen molar-refractivity contribution in [2.24, 2.45) is 0 Å². The molecule has 0 unspecified atom stereocenters. The van der Waals surface area contributed by atoms with Gasteiger partial charge in [0.2, 0.25) is 5.91 Å². The molecule has 0 atom stereocenters. The Kier molecular flexibility index (Phi) is 4.98. The summed E-state index contributed by atoms with van der Waals surface area (Å²) in [6, 6.07) is 5.94. The van der Waals surface area contributed by atoms with Crippen LogP contribution in [0.25, 0.3) is 0 Å². The Morgan fingerprint density at radius 1 is 1.42 bits per heavy atom. The highest BCUT2D eigenvalue weighted by Crippen LogP contribution is 2.16. The van der Waals surface area contributed by atoms with Crippen LogP contribution in [0, 0.1) is 0 Å². The fourth-order valence-electron chi connectivity index (χ4n) is 1.81. The van der Waals surface area contributed by atoms with Crippen molar-refractivity contribution in [3.63, 3.8) is 0 Å². The molecule has 2 aromatic rings. The van der Waals surface area contributed by atoms with Gasteiger partial charge >= 0.3 is 0 Å². The van der Waals surface area contributed by atoms with Gasteiger partial charge in [-0.25, -0.2) is 0 Å². The smallest absolute Gasteiger partial charge is 0.223 e. The van der Waals surface area contributed by atoms with Gasteiger partial charge in [-0.2, -0.15) is 0 Å². The number of amides is 1. The molecule has 0 aliphatic rings. The SMILES string of the molecule is C=CCCC(=O)N(Cc1ccoc1)Cc1cccs1. The number of allylic oxidation sites excluding steroid dienone is 1. The van der Waals surface area contributed by atoms with E-state index in [1.807, 2.05) is 28.5 Å². The summed E-state index contributed by atoms with van der Waals surface area (Å²) < 4.78 is 5.06. The van der Waals surface area contributed by atoms with Crippen molar-refractivity contribution in [1.82, 2.24) is 4.90 Å². The van der Waals surface area contributed by atoms with Crippen LogP contribution in [-0.2, 0) is 17.9 Å². The minimum Gasteiger partial charge on any atom is -0.472 e. The zero-order valence-electron chi connectivity index (χ0n) is 10.7. The molecule has 3 nitrogen and oxygen atoms in total. The zero-order valence-corrected chi connectivity index (χ0v) is 11.6. The van der Waals surface area contributed by atoms with E-state index in [9.17, 15) is 4.79 Å². The minimum atomic E-state index is 0.148. The normalized spacial score (nSPS) is 10.3. The molecular weight excluding hydrogens is 258 g/mol. The Morgan fingerprint density at radius 2 is 2.32 bits per heavy atom. The molecule has 2 aromatic heterocycles. The van der Waals surface area contributed by atoms with Gasteiger partial charge in [-0.1, -0.05) is 12.1 Å². The van der Waals surface area contributed by atoms with Gasteiger partial charge < -0.3 is 9.32 Å². The Bertz CT molecular complexity index is 466. The molecule has 0 fully saturated rings. The van der Waals surface area contributed by atoms with E-state index in [0.29, 0.717) is 25.9 Å². The zero-order chi connectivity index (χ0) is 13.5. The summed E-state index contributed by atoms with van der Waals surface area (Å²) in [6.45, 7) is 4.90. The van der Waals surface area contributed by atoms with E-state index in [0.717, 1.165) is 5.56 Å². The maximum absolute atomic E-state index is 12.2. The molecule has 0 saturated heterocycles. The van der Waals surface area contributed by atoms with Crippen LogP contribution in [0.2, 0.25) is 0 Å². The molecule has 100 valence electrons. The maximum Gasteiger partial charge on any atom is 0.223 e. The second-order valence-electron chi connectivity index (χ2n) is 4.29. The lowest BCUT2D eigenvalue weighted by Gasteiger charge is -2.21. The van der Waals surface area contributed by atoms with Gasteiger partial charge in [0.1, 0.15) is 0 Å². The van der Waals surface area contributed by atoms with Crippen LogP contribution >= 0.6 is 11.3 Å². The molecule has 2 heterocycles. The van der Waals surface area contributed by atoms with Gasteiger partial charge in [-0.3, -0.25) is 4.79 Å². The van der Waals surface area contributed by atoms with Gasteiger partial charge in [0, 0.05) is 23.4 Å². The maximum atomic E-state index is 12.2. The third kappa shape index (κ3) is 4.10. The van der Waals surface area contributed by atoms with Crippen molar-refractivity contribution in [3.8, 4) is 0 Å². The second-order valence-corrected chi connectivity index (χ2v) is 5.32. The molecule has 19 heavy (non-hydrogen) atoms. The molecular formula is C15H17NO2S. The number of nitrogens with zero attached hydrogens (tertiary/aromatic N) is 1. The molecule has 4 heteroatoms. The number of hydrogen-bond donors (Lipinski definition) is 0. The van der Waals surface area contributed by atoms with Crippen molar-refractivity contribution < 1.29 is 9.21 Å². The van der Waals surface area contributed by atoms with E-state index < -0.39 is 0 Å². The van der Waals surface area contributed by atoms with E-state index in [2.05, 4.69) is 6.58 Å². The lowest BCUT2D eigenvalue weighted by Crippen LogP contribution is -2.29. The molecule has 1 amide bonds. The third-order valence-corrected chi connectivity index (χ3v) is 3.66. The van der Waals surface area contributed by atoms with E-state index in [4.69, 9.17) is 4.42 Å². The first-order valence-electron chi connectivity index (χ1n) is 6.21. The number of rotatable bonds is 7.